The van der Waals surface area contributed by atoms with E-state index in [2.05, 4.69) is 9.98 Å². The van der Waals surface area contributed by atoms with Crippen LogP contribution < -0.4 is 0 Å². The summed E-state index contributed by atoms with van der Waals surface area (Å²) in [7, 11) is 0. The van der Waals surface area contributed by atoms with Crippen LogP contribution in [0.25, 0.3) is 11.5 Å². The number of nitrogens with zero attached hydrogens (tertiary/aromatic N) is 2. The second-order valence-corrected chi connectivity index (χ2v) is 3.48. The van der Waals surface area contributed by atoms with Crippen LogP contribution in [0.5, 0.6) is 0 Å². The molecule has 1 aromatic heterocycles. The molecule has 0 saturated heterocycles. The number of aliphatic imine (C=N–C) groups is 1. The third-order valence-electron chi connectivity index (χ3n) is 2.29. The summed E-state index contributed by atoms with van der Waals surface area (Å²) in [6.45, 7) is 1.96. The number of oxazole rings is 1. The molecule has 0 aliphatic carbocycles. The number of esters is 1. The first-order chi connectivity index (χ1) is 9.26. The highest BCUT2D eigenvalue weighted by molar-refractivity contribution is 5.87. The van der Waals surface area contributed by atoms with Crippen molar-refractivity contribution < 1.29 is 18.7 Å². The van der Waals surface area contributed by atoms with E-state index in [9.17, 15) is 9.59 Å². The van der Waals surface area contributed by atoms with Crippen molar-refractivity contribution in [3.63, 3.8) is 0 Å². The molecule has 6 nitrogen and oxygen atoms in total. The Labute approximate surface area is 108 Å². The first-order valence-electron chi connectivity index (χ1n) is 5.56. The molecule has 0 aliphatic heterocycles. The lowest BCUT2D eigenvalue weighted by Crippen LogP contribution is -2.04. The molecular formula is C13H10N2O4. The van der Waals surface area contributed by atoms with E-state index < -0.39 is 5.97 Å². The van der Waals surface area contributed by atoms with Crippen LogP contribution >= 0.6 is 0 Å². The molecule has 96 valence electrons. The molecule has 2 rings (SSSR count). The number of carbonyl (C=O) groups is 1. The third kappa shape index (κ3) is 2.75. The van der Waals surface area contributed by atoms with Crippen LogP contribution in [0.1, 0.15) is 17.4 Å². The van der Waals surface area contributed by atoms with Crippen LogP contribution in [-0.4, -0.2) is 23.6 Å². The smallest absolute Gasteiger partial charge is 0.360 e. The van der Waals surface area contributed by atoms with Gasteiger partial charge in [0.05, 0.1) is 17.9 Å². The molecule has 0 bridgehead atoms. The largest absolute Gasteiger partial charge is 0.461 e. The van der Waals surface area contributed by atoms with E-state index >= 15 is 0 Å². The number of para-hydroxylation sites is 1. The Kier molecular flexibility index (Phi) is 3.85. The fraction of sp³-hybridized carbons (Fsp3) is 0.154. The number of benzene rings is 1. The van der Waals surface area contributed by atoms with E-state index in [1.807, 2.05) is 0 Å². The Morgan fingerprint density at radius 1 is 1.47 bits per heavy atom. The van der Waals surface area contributed by atoms with Crippen molar-refractivity contribution in [1.29, 1.82) is 0 Å². The maximum atomic E-state index is 11.5. The van der Waals surface area contributed by atoms with Crippen LogP contribution in [-0.2, 0) is 9.53 Å². The van der Waals surface area contributed by atoms with Gasteiger partial charge in [0.1, 0.15) is 6.26 Å². The molecular weight excluding hydrogens is 248 g/mol. The van der Waals surface area contributed by atoms with E-state index in [0.29, 0.717) is 11.3 Å². The molecule has 0 unspecified atom stereocenters. The van der Waals surface area contributed by atoms with Gasteiger partial charge in [-0.2, -0.15) is 4.99 Å². The Hall–Kier alpha value is -2.72. The maximum absolute atomic E-state index is 11.5. The number of carbonyl (C=O) groups excluding carboxylic acids is 2. The molecule has 19 heavy (non-hydrogen) atoms. The highest BCUT2D eigenvalue weighted by Gasteiger charge is 2.16. The molecule has 6 heteroatoms. The number of hydrogen-bond donors (Lipinski definition) is 0. The maximum Gasteiger partial charge on any atom is 0.360 e. The number of isocyanates is 1. The first-order valence-corrected chi connectivity index (χ1v) is 5.56. The number of rotatable bonds is 4. The lowest BCUT2D eigenvalue weighted by Gasteiger charge is -1.98. The predicted octanol–water partition coefficient (Wildman–Crippen LogP) is 2.49. The zero-order valence-corrected chi connectivity index (χ0v) is 10.1. The van der Waals surface area contributed by atoms with Gasteiger partial charge < -0.3 is 9.15 Å². The van der Waals surface area contributed by atoms with Crippen molar-refractivity contribution in [2.24, 2.45) is 4.99 Å². The van der Waals surface area contributed by atoms with Gasteiger partial charge in [-0.25, -0.2) is 14.6 Å². The fourth-order valence-corrected chi connectivity index (χ4v) is 1.50. The molecule has 0 amide bonds. The molecule has 0 saturated carbocycles. The van der Waals surface area contributed by atoms with Crippen molar-refractivity contribution in [3.05, 3.63) is 36.2 Å². The van der Waals surface area contributed by atoms with Crippen molar-refractivity contribution >= 4 is 17.7 Å². The topological polar surface area (TPSA) is 81.8 Å². The van der Waals surface area contributed by atoms with E-state index in [1.54, 1.807) is 31.2 Å². The van der Waals surface area contributed by atoms with Gasteiger partial charge in [-0.3, -0.25) is 0 Å². The summed E-state index contributed by atoms with van der Waals surface area (Å²) in [4.78, 5) is 29.4. The number of hydrogen-bond acceptors (Lipinski definition) is 6. The van der Waals surface area contributed by atoms with Gasteiger partial charge in [0.25, 0.3) is 0 Å². The number of aromatic nitrogens is 1. The summed E-state index contributed by atoms with van der Waals surface area (Å²) in [6, 6.07) is 6.76. The van der Waals surface area contributed by atoms with Gasteiger partial charge in [-0.1, -0.05) is 12.1 Å². The average Bonchev–Trinajstić information content (AvgIpc) is 2.90. The van der Waals surface area contributed by atoms with Gasteiger partial charge in [0.15, 0.2) is 5.69 Å². The summed E-state index contributed by atoms with van der Waals surface area (Å²) in [5.41, 5.74) is 0.942. The lowest BCUT2D eigenvalue weighted by atomic mass is 10.2. The zero-order chi connectivity index (χ0) is 13.7. The van der Waals surface area contributed by atoms with E-state index in [4.69, 9.17) is 9.15 Å². The van der Waals surface area contributed by atoms with Gasteiger partial charge >= 0.3 is 5.97 Å². The zero-order valence-electron chi connectivity index (χ0n) is 10.1. The van der Waals surface area contributed by atoms with Crippen LogP contribution in [0.2, 0.25) is 0 Å². The second kappa shape index (κ2) is 5.75. The normalized spacial score (nSPS) is 9.74. The standard InChI is InChI=1S/C13H10N2O4/c1-2-18-13(17)11-7-19-12(15-11)9-5-3-4-6-10(9)14-8-16/h3-7H,2H2,1H3. The summed E-state index contributed by atoms with van der Waals surface area (Å²) in [6.07, 6.45) is 2.66. The van der Waals surface area contributed by atoms with Gasteiger partial charge in [0, 0.05) is 0 Å². The minimum atomic E-state index is -0.561. The van der Waals surface area contributed by atoms with Crippen molar-refractivity contribution in [2.75, 3.05) is 6.61 Å². The molecule has 0 atom stereocenters. The van der Waals surface area contributed by atoms with Gasteiger partial charge in [0.2, 0.25) is 12.0 Å². The summed E-state index contributed by atoms with van der Waals surface area (Å²) in [5, 5.41) is 0. The number of ether oxygens (including phenoxy) is 1. The minimum Gasteiger partial charge on any atom is -0.461 e. The molecule has 1 heterocycles. The Balaban J connectivity index is 2.38. The molecule has 0 fully saturated rings. The fourth-order valence-electron chi connectivity index (χ4n) is 1.50. The highest BCUT2D eigenvalue weighted by Crippen LogP contribution is 2.29. The summed E-state index contributed by atoms with van der Waals surface area (Å²) >= 11 is 0. The van der Waals surface area contributed by atoms with Crippen molar-refractivity contribution in [3.8, 4) is 11.5 Å². The second-order valence-electron chi connectivity index (χ2n) is 3.48. The summed E-state index contributed by atoms with van der Waals surface area (Å²) in [5.74, 6) is -0.369. The minimum absolute atomic E-state index is 0.0711. The molecule has 1 aromatic carbocycles. The van der Waals surface area contributed by atoms with Crippen LogP contribution in [0.3, 0.4) is 0 Å². The van der Waals surface area contributed by atoms with Gasteiger partial charge in [-0.15, -0.1) is 0 Å². The van der Waals surface area contributed by atoms with Gasteiger partial charge in [-0.05, 0) is 19.1 Å². The molecule has 0 radical (unpaired) electrons. The average molecular weight is 258 g/mol. The molecule has 0 aliphatic rings. The summed E-state index contributed by atoms with van der Waals surface area (Å²) < 4.78 is 10.0. The van der Waals surface area contributed by atoms with Crippen LogP contribution in [0, 0.1) is 0 Å². The van der Waals surface area contributed by atoms with E-state index in [1.165, 1.54) is 12.3 Å². The predicted molar refractivity (Wildman–Crippen MR) is 65.7 cm³/mol. The third-order valence-corrected chi connectivity index (χ3v) is 2.29. The monoisotopic (exact) mass is 258 g/mol. The van der Waals surface area contributed by atoms with Crippen molar-refractivity contribution in [2.45, 2.75) is 6.92 Å². The quantitative estimate of drug-likeness (QED) is 0.478. The van der Waals surface area contributed by atoms with Crippen LogP contribution in [0.15, 0.2) is 39.9 Å². The lowest BCUT2D eigenvalue weighted by molar-refractivity contribution is 0.0519. The van der Waals surface area contributed by atoms with E-state index in [-0.39, 0.29) is 18.2 Å². The Morgan fingerprint density at radius 2 is 2.26 bits per heavy atom. The van der Waals surface area contributed by atoms with Crippen LogP contribution in [0.4, 0.5) is 5.69 Å². The Morgan fingerprint density at radius 3 is 3.00 bits per heavy atom. The molecule has 2 aromatic rings. The first kappa shape index (κ1) is 12.7. The SMILES string of the molecule is CCOC(=O)c1coc(-c2ccccc2N=C=O)n1. The molecule has 0 spiro atoms. The van der Waals surface area contributed by atoms with E-state index in [0.717, 1.165) is 0 Å². The Bertz CT molecular complexity index is 642. The molecule has 0 N–H and O–H groups in total. The highest BCUT2D eigenvalue weighted by atomic mass is 16.5. The van der Waals surface area contributed by atoms with Crippen molar-refractivity contribution in [1.82, 2.24) is 4.98 Å².